The molecule has 2 heteroatoms. The van der Waals surface area contributed by atoms with E-state index in [0.29, 0.717) is 13.0 Å². The van der Waals surface area contributed by atoms with Crippen LogP contribution in [0.4, 0.5) is 0 Å². The van der Waals surface area contributed by atoms with Gasteiger partial charge in [-0.2, -0.15) is 0 Å². The molecular weight excluding hydrogens is 198 g/mol. The molecule has 0 aliphatic carbocycles. The number of ketones is 1. The van der Waals surface area contributed by atoms with Crippen molar-refractivity contribution in [3.05, 3.63) is 36.5 Å². The molecule has 0 aliphatic rings. The highest BCUT2D eigenvalue weighted by Crippen LogP contribution is 2.02. The van der Waals surface area contributed by atoms with Gasteiger partial charge >= 0.3 is 0 Å². The molecule has 0 spiro atoms. The molecule has 0 aromatic carbocycles. The summed E-state index contributed by atoms with van der Waals surface area (Å²) >= 11 is 0. The Hall–Kier alpha value is -1.15. The number of allylic oxidation sites excluding steroid dienone is 4. The molecule has 2 nitrogen and oxygen atoms in total. The van der Waals surface area contributed by atoms with Crippen LogP contribution in [-0.4, -0.2) is 30.8 Å². The van der Waals surface area contributed by atoms with Gasteiger partial charge in [0, 0.05) is 13.0 Å². The zero-order valence-corrected chi connectivity index (χ0v) is 10.7. The van der Waals surface area contributed by atoms with Crippen LogP contribution in [0.1, 0.15) is 26.7 Å². The van der Waals surface area contributed by atoms with Crippen LogP contribution in [0, 0.1) is 0 Å². The second kappa shape index (κ2) is 9.10. The lowest BCUT2D eigenvalue weighted by molar-refractivity contribution is -0.119. The number of rotatable bonds is 8. The smallest absolute Gasteiger partial charge is 0.146 e. The van der Waals surface area contributed by atoms with E-state index in [9.17, 15) is 4.79 Å². The lowest BCUT2D eigenvalue weighted by Crippen LogP contribution is -2.26. The van der Waals surface area contributed by atoms with E-state index in [4.69, 9.17) is 0 Å². The van der Waals surface area contributed by atoms with Gasteiger partial charge in [0.2, 0.25) is 0 Å². The average Bonchev–Trinajstić information content (AvgIpc) is 2.26. The maximum atomic E-state index is 11.2. The molecule has 0 aromatic rings. The molecule has 0 radical (unpaired) electrons. The van der Waals surface area contributed by atoms with Gasteiger partial charge in [0.15, 0.2) is 0 Å². The predicted octanol–water partition coefficient (Wildman–Crippen LogP) is 2.98. The minimum absolute atomic E-state index is 0.289. The molecule has 0 rings (SSSR count). The summed E-state index contributed by atoms with van der Waals surface area (Å²) in [6.07, 6.45) is 9.48. The van der Waals surface area contributed by atoms with E-state index in [2.05, 4.69) is 6.58 Å². The lowest BCUT2D eigenvalue weighted by atomic mass is 10.2. The number of nitrogens with zero attached hydrogens (tertiary/aromatic N) is 1. The van der Waals surface area contributed by atoms with E-state index in [0.717, 1.165) is 18.5 Å². The van der Waals surface area contributed by atoms with Gasteiger partial charge in [-0.05, 0) is 20.4 Å². The molecule has 0 N–H and O–H groups in total. The van der Waals surface area contributed by atoms with Gasteiger partial charge in [-0.25, -0.2) is 0 Å². The third-order valence-corrected chi connectivity index (χ3v) is 2.29. The molecule has 0 saturated heterocycles. The lowest BCUT2D eigenvalue weighted by Gasteiger charge is -2.14. The van der Waals surface area contributed by atoms with Crippen molar-refractivity contribution in [2.24, 2.45) is 0 Å². The Bertz CT molecular complexity index is 276. The maximum Gasteiger partial charge on any atom is 0.146 e. The van der Waals surface area contributed by atoms with Crippen molar-refractivity contribution >= 4 is 5.78 Å². The second-order valence-corrected chi connectivity index (χ2v) is 3.92. The number of carbonyl (C=O) groups is 1. The summed E-state index contributed by atoms with van der Waals surface area (Å²) in [5.41, 5.74) is 1.09. The Morgan fingerprint density at radius 1 is 1.38 bits per heavy atom. The second-order valence-electron chi connectivity index (χ2n) is 3.92. The van der Waals surface area contributed by atoms with Gasteiger partial charge in [-0.15, -0.1) is 0 Å². The molecule has 0 saturated carbocycles. The van der Waals surface area contributed by atoms with E-state index in [1.807, 2.05) is 50.1 Å². The Morgan fingerprint density at radius 2 is 2.06 bits per heavy atom. The first-order chi connectivity index (χ1) is 7.60. The first-order valence-corrected chi connectivity index (χ1v) is 5.77. The zero-order valence-electron chi connectivity index (χ0n) is 10.7. The Balaban J connectivity index is 3.78. The Morgan fingerprint density at radius 3 is 2.62 bits per heavy atom. The van der Waals surface area contributed by atoms with Crippen molar-refractivity contribution in [3.63, 3.8) is 0 Å². The largest absolute Gasteiger partial charge is 0.299 e. The first-order valence-electron chi connectivity index (χ1n) is 5.77. The van der Waals surface area contributed by atoms with Crippen molar-refractivity contribution in [1.29, 1.82) is 0 Å². The summed E-state index contributed by atoms with van der Waals surface area (Å²) in [5, 5.41) is 0. The van der Waals surface area contributed by atoms with E-state index < -0.39 is 0 Å². The Kier molecular flexibility index (Phi) is 8.45. The third kappa shape index (κ3) is 8.18. The molecule has 16 heavy (non-hydrogen) atoms. The number of Topliss-reactive ketones (excluding diaryl/α,β-unsaturated/α-hetero) is 1. The molecule has 0 aliphatic heterocycles. The van der Waals surface area contributed by atoms with Crippen LogP contribution in [-0.2, 0) is 4.79 Å². The maximum absolute atomic E-state index is 11.2. The van der Waals surface area contributed by atoms with Gasteiger partial charge in [0.25, 0.3) is 0 Å². The van der Waals surface area contributed by atoms with Crippen molar-refractivity contribution in [2.45, 2.75) is 26.7 Å². The van der Waals surface area contributed by atoms with Crippen LogP contribution in [0.25, 0.3) is 0 Å². The van der Waals surface area contributed by atoms with E-state index >= 15 is 0 Å². The standard InChI is InChI=1S/C14H23NO/c1-5-7-8-9-13(3)10-11-15(4)12-14(16)6-2/h5,7-9H,3,6,10-12H2,1-2,4H3/b7-5-,9-8-. The fourth-order valence-electron chi connectivity index (χ4n) is 1.21. The number of hydrogen-bond donors (Lipinski definition) is 0. The summed E-state index contributed by atoms with van der Waals surface area (Å²) in [6.45, 7) is 9.27. The highest BCUT2D eigenvalue weighted by Gasteiger charge is 2.03. The molecule has 0 heterocycles. The van der Waals surface area contributed by atoms with E-state index in [1.165, 1.54) is 0 Å². The van der Waals surface area contributed by atoms with Crippen LogP contribution in [0.15, 0.2) is 36.5 Å². The fraction of sp³-hybridized carbons (Fsp3) is 0.500. The van der Waals surface area contributed by atoms with Crippen molar-refractivity contribution in [3.8, 4) is 0 Å². The molecule has 0 atom stereocenters. The molecule has 0 unspecified atom stereocenters. The van der Waals surface area contributed by atoms with Gasteiger partial charge in [0.05, 0.1) is 6.54 Å². The molecule has 0 amide bonds. The first kappa shape index (κ1) is 14.8. The average molecular weight is 221 g/mol. The summed E-state index contributed by atoms with van der Waals surface area (Å²) in [5.74, 6) is 0.289. The van der Waals surface area contributed by atoms with Gasteiger partial charge in [-0.1, -0.05) is 43.4 Å². The van der Waals surface area contributed by atoms with Gasteiger partial charge in [0.1, 0.15) is 5.78 Å². The minimum atomic E-state index is 0.289. The van der Waals surface area contributed by atoms with Crippen molar-refractivity contribution < 1.29 is 4.79 Å². The van der Waals surface area contributed by atoms with Crippen molar-refractivity contribution in [2.75, 3.05) is 20.1 Å². The number of hydrogen-bond acceptors (Lipinski definition) is 2. The predicted molar refractivity (Wildman–Crippen MR) is 70.5 cm³/mol. The monoisotopic (exact) mass is 221 g/mol. The molecule has 0 fully saturated rings. The quantitative estimate of drug-likeness (QED) is 0.587. The van der Waals surface area contributed by atoms with Gasteiger partial charge < -0.3 is 0 Å². The normalized spacial score (nSPS) is 11.8. The van der Waals surface area contributed by atoms with Crippen LogP contribution in [0.3, 0.4) is 0 Å². The Labute approximate surface area is 99.3 Å². The third-order valence-electron chi connectivity index (χ3n) is 2.29. The summed E-state index contributed by atoms with van der Waals surface area (Å²) < 4.78 is 0. The highest BCUT2D eigenvalue weighted by molar-refractivity contribution is 5.80. The fourth-order valence-corrected chi connectivity index (χ4v) is 1.21. The SMILES string of the molecule is C=C(/C=C\C=C/C)CCN(C)CC(=O)CC. The minimum Gasteiger partial charge on any atom is -0.299 e. The summed E-state index contributed by atoms with van der Waals surface area (Å²) in [6, 6.07) is 0. The molecular formula is C14H23NO. The number of likely N-dealkylation sites (N-methyl/N-ethyl adjacent to an activating group) is 1. The van der Waals surface area contributed by atoms with Crippen LogP contribution < -0.4 is 0 Å². The van der Waals surface area contributed by atoms with Crippen LogP contribution in [0.5, 0.6) is 0 Å². The molecule has 90 valence electrons. The topological polar surface area (TPSA) is 20.3 Å². The summed E-state index contributed by atoms with van der Waals surface area (Å²) in [7, 11) is 1.97. The van der Waals surface area contributed by atoms with Crippen molar-refractivity contribution in [1.82, 2.24) is 4.90 Å². The molecule has 0 aromatic heterocycles. The highest BCUT2D eigenvalue weighted by atomic mass is 16.1. The van der Waals surface area contributed by atoms with Gasteiger partial charge in [-0.3, -0.25) is 9.69 Å². The van der Waals surface area contributed by atoms with E-state index in [-0.39, 0.29) is 5.78 Å². The van der Waals surface area contributed by atoms with Crippen LogP contribution in [0.2, 0.25) is 0 Å². The summed E-state index contributed by atoms with van der Waals surface area (Å²) in [4.78, 5) is 13.2. The van der Waals surface area contributed by atoms with Crippen LogP contribution >= 0.6 is 0 Å². The number of carbonyl (C=O) groups excluding carboxylic acids is 1. The zero-order chi connectivity index (χ0) is 12.4. The molecule has 0 bridgehead atoms. The van der Waals surface area contributed by atoms with E-state index in [1.54, 1.807) is 0 Å².